The second kappa shape index (κ2) is 13.2. The molecule has 4 heterocycles. The standard InChI is InChI=1S/C28H32N6O10S2/c1-28(2)19(25(36)34(28)44-46(39,40)41)11-22(35)24(21-14-45-27(29)32-21)33-43-23(26(37)38)13-42-18-5-6-20-16(10-18)3-4-17(31-20)9-15-7-8-30-12-15/h3-6,10,14-15,19,23,30H,7-9,11-13H2,1-2H3,(H2,29,32)(H,37,38)(H,39,40,41)/b33-24-/t15?,19?,23-/m0/s1. The molecule has 1 amide bonds. The molecular formula is C28H32N6O10S2. The minimum absolute atomic E-state index is 0.0150. The molecular weight excluding hydrogens is 644 g/mol. The third-order valence-electron chi connectivity index (χ3n) is 7.79. The monoisotopic (exact) mass is 676 g/mol. The lowest BCUT2D eigenvalue weighted by Crippen LogP contribution is -2.68. The number of nitrogens with two attached hydrogens (primary N) is 1. The molecule has 1 aromatic carbocycles. The van der Waals surface area contributed by atoms with Gasteiger partial charge in [-0.1, -0.05) is 11.2 Å². The average molecular weight is 677 g/mol. The normalized spacial score (nSPS) is 20.4. The SMILES string of the molecule is CC1(C)C(CC(=O)/C(=N\O[C@@H](COc2ccc3nc(CC4CCNC4)ccc3c2)C(=O)O)c2csc(N)n2)C(=O)N1OS(=O)(=O)O. The molecule has 18 heteroatoms. The highest BCUT2D eigenvalue weighted by molar-refractivity contribution is 7.80. The van der Waals surface area contributed by atoms with Crippen LogP contribution in [0.3, 0.4) is 0 Å². The van der Waals surface area contributed by atoms with E-state index in [-0.39, 0.29) is 10.8 Å². The Morgan fingerprint density at radius 2 is 2.04 bits per heavy atom. The number of fused-ring (bicyclic) bond motifs is 1. The molecule has 3 atom stereocenters. The molecule has 2 saturated heterocycles. The molecule has 0 aliphatic carbocycles. The zero-order valence-electron chi connectivity index (χ0n) is 24.8. The van der Waals surface area contributed by atoms with Gasteiger partial charge in [0.1, 0.15) is 18.1 Å². The van der Waals surface area contributed by atoms with Crippen molar-refractivity contribution in [2.45, 2.75) is 44.8 Å². The molecule has 3 aromatic rings. The molecule has 46 heavy (non-hydrogen) atoms. The summed E-state index contributed by atoms with van der Waals surface area (Å²) in [7, 11) is -4.98. The largest absolute Gasteiger partial charge is 0.489 e. The highest BCUT2D eigenvalue weighted by Gasteiger charge is 2.57. The molecule has 5 N–H and O–H groups in total. The number of carbonyl (C=O) groups excluding carboxylic acids is 2. The number of amides is 1. The molecule has 2 unspecified atom stereocenters. The molecule has 0 bridgehead atoms. The maximum Gasteiger partial charge on any atom is 0.418 e. The van der Waals surface area contributed by atoms with Gasteiger partial charge in [0.05, 0.1) is 17.0 Å². The van der Waals surface area contributed by atoms with Gasteiger partial charge in [-0.3, -0.25) is 19.1 Å². The quantitative estimate of drug-likeness (QED) is 0.0822. The number of hydrogen-bond acceptors (Lipinski definition) is 14. The predicted octanol–water partition coefficient (Wildman–Crippen LogP) is 1.61. The number of carboxylic acid groups (broad SMARTS) is 1. The maximum absolute atomic E-state index is 13.3. The summed E-state index contributed by atoms with van der Waals surface area (Å²) in [5, 5.41) is 19.7. The fraction of sp³-hybridized carbons (Fsp3) is 0.429. The fourth-order valence-electron chi connectivity index (χ4n) is 5.25. The molecule has 5 rings (SSSR count). The lowest BCUT2D eigenvalue weighted by molar-refractivity contribution is -0.228. The van der Waals surface area contributed by atoms with Crippen molar-refractivity contribution >= 4 is 61.1 Å². The maximum atomic E-state index is 13.3. The van der Waals surface area contributed by atoms with Crippen LogP contribution in [0.2, 0.25) is 0 Å². The van der Waals surface area contributed by atoms with Crippen molar-refractivity contribution in [1.82, 2.24) is 20.3 Å². The van der Waals surface area contributed by atoms with E-state index in [2.05, 4.69) is 19.7 Å². The number of thiazole rings is 1. The van der Waals surface area contributed by atoms with Gasteiger partial charge in [-0.05, 0) is 70.0 Å². The molecule has 0 radical (unpaired) electrons. The smallest absolute Gasteiger partial charge is 0.418 e. The van der Waals surface area contributed by atoms with Crippen molar-refractivity contribution in [3.63, 3.8) is 0 Å². The number of ketones is 1. The molecule has 0 saturated carbocycles. The first-order chi connectivity index (χ1) is 21.7. The molecule has 2 aromatic heterocycles. The number of nitrogens with one attached hydrogen (secondary N) is 1. The van der Waals surface area contributed by atoms with Crippen molar-refractivity contribution in [2.75, 3.05) is 25.4 Å². The highest BCUT2D eigenvalue weighted by atomic mass is 32.3. The number of carbonyl (C=O) groups is 3. The van der Waals surface area contributed by atoms with E-state index in [4.69, 9.17) is 24.8 Å². The van der Waals surface area contributed by atoms with Gasteiger partial charge in [0.25, 0.3) is 12.0 Å². The summed E-state index contributed by atoms with van der Waals surface area (Å²) in [5.74, 6) is -3.21. The molecule has 2 aliphatic rings. The Hall–Kier alpha value is -4.23. The lowest BCUT2D eigenvalue weighted by Gasteiger charge is -2.50. The summed E-state index contributed by atoms with van der Waals surface area (Å²) in [4.78, 5) is 51.9. The summed E-state index contributed by atoms with van der Waals surface area (Å²) in [6.45, 7) is 4.38. The van der Waals surface area contributed by atoms with Crippen molar-refractivity contribution in [1.29, 1.82) is 0 Å². The van der Waals surface area contributed by atoms with E-state index < -0.39 is 64.4 Å². The van der Waals surface area contributed by atoms with E-state index in [0.29, 0.717) is 16.7 Å². The number of nitrogen functional groups attached to an aromatic ring is 1. The number of pyridine rings is 1. The Balaban J connectivity index is 1.27. The van der Waals surface area contributed by atoms with Crippen LogP contribution < -0.4 is 15.8 Å². The Morgan fingerprint density at radius 3 is 2.67 bits per heavy atom. The summed E-state index contributed by atoms with van der Waals surface area (Å²) in [6, 6.07) is 9.07. The van der Waals surface area contributed by atoms with E-state index in [9.17, 15) is 27.9 Å². The van der Waals surface area contributed by atoms with Crippen LogP contribution in [0.25, 0.3) is 10.9 Å². The molecule has 16 nitrogen and oxygen atoms in total. The number of aliphatic carboxylic acids is 1. The number of hydrogen-bond donors (Lipinski definition) is 4. The lowest BCUT2D eigenvalue weighted by atomic mass is 9.74. The van der Waals surface area contributed by atoms with E-state index in [0.717, 1.165) is 53.9 Å². The van der Waals surface area contributed by atoms with Crippen molar-refractivity contribution < 1.29 is 46.3 Å². The number of ether oxygens (including phenoxy) is 1. The Bertz CT molecular complexity index is 1790. The molecule has 2 fully saturated rings. The van der Waals surface area contributed by atoms with Crippen LogP contribution in [-0.2, 0) is 40.3 Å². The van der Waals surface area contributed by atoms with Crippen molar-refractivity contribution in [3.05, 3.63) is 47.1 Å². The van der Waals surface area contributed by atoms with Gasteiger partial charge in [0.15, 0.2) is 16.6 Å². The number of nitrogens with zero attached hydrogens (tertiary/aromatic N) is 4. The first-order valence-corrected chi connectivity index (χ1v) is 16.4. The van der Waals surface area contributed by atoms with Gasteiger partial charge in [0, 0.05) is 22.9 Å². The van der Waals surface area contributed by atoms with E-state index in [1.807, 2.05) is 12.1 Å². The van der Waals surface area contributed by atoms with Crippen LogP contribution in [0.15, 0.2) is 40.9 Å². The van der Waals surface area contributed by atoms with Crippen LogP contribution in [0.4, 0.5) is 5.13 Å². The number of anilines is 1. The van der Waals surface area contributed by atoms with Crippen LogP contribution in [0.1, 0.15) is 38.1 Å². The van der Waals surface area contributed by atoms with E-state index in [1.54, 1.807) is 18.2 Å². The third kappa shape index (κ3) is 7.59. The highest BCUT2D eigenvalue weighted by Crippen LogP contribution is 2.40. The zero-order chi connectivity index (χ0) is 33.2. The fourth-order valence-corrected chi connectivity index (χ4v) is 6.26. The topological polar surface area (TPSA) is 233 Å². The van der Waals surface area contributed by atoms with E-state index >= 15 is 0 Å². The zero-order valence-corrected chi connectivity index (χ0v) is 26.4. The Kier molecular flexibility index (Phi) is 9.54. The minimum atomic E-state index is -4.98. The summed E-state index contributed by atoms with van der Waals surface area (Å²) in [6.07, 6.45) is -0.138. The van der Waals surface area contributed by atoms with Crippen LogP contribution >= 0.6 is 11.3 Å². The van der Waals surface area contributed by atoms with Crippen LogP contribution in [0, 0.1) is 11.8 Å². The van der Waals surface area contributed by atoms with Gasteiger partial charge in [0.2, 0.25) is 0 Å². The molecule has 0 spiro atoms. The van der Waals surface area contributed by atoms with Crippen molar-refractivity contribution in [3.8, 4) is 5.75 Å². The number of oxime groups is 1. The Labute approximate surface area is 267 Å². The van der Waals surface area contributed by atoms with Crippen LogP contribution in [0.5, 0.6) is 5.75 Å². The number of aromatic nitrogens is 2. The predicted molar refractivity (Wildman–Crippen MR) is 164 cm³/mol. The number of rotatable bonds is 14. The van der Waals surface area contributed by atoms with Gasteiger partial charge in [-0.2, -0.15) is 13.5 Å². The Morgan fingerprint density at radius 1 is 1.26 bits per heavy atom. The summed E-state index contributed by atoms with van der Waals surface area (Å²) in [5.41, 5.74) is 5.76. The average Bonchev–Trinajstić information content (AvgIpc) is 3.67. The van der Waals surface area contributed by atoms with Crippen molar-refractivity contribution in [2.24, 2.45) is 17.0 Å². The number of benzene rings is 1. The van der Waals surface area contributed by atoms with Crippen LogP contribution in [-0.4, -0.2) is 87.8 Å². The first-order valence-electron chi connectivity index (χ1n) is 14.2. The summed E-state index contributed by atoms with van der Waals surface area (Å²) >= 11 is 0.993. The van der Waals surface area contributed by atoms with Gasteiger partial charge in [-0.25, -0.2) is 9.78 Å². The third-order valence-corrected chi connectivity index (χ3v) is 8.80. The number of carboxylic acids is 1. The van der Waals surface area contributed by atoms with Gasteiger partial charge in [-0.15, -0.1) is 15.6 Å². The van der Waals surface area contributed by atoms with Gasteiger partial charge >= 0.3 is 16.4 Å². The second-order valence-electron chi connectivity index (χ2n) is 11.4. The molecule has 2 aliphatic heterocycles. The number of β-lactam (4-membered cyclic amide) rings is 1. The van der Waals surface area contributed by atoms with Gasteiger partial charge < -0.3 is 25.7 Å². The number of Topliss-reactive ketones (excluding diaryl/α,β-unsaturated/α-hetero) is 1. The molecule has 246 valence electrons. The van der Waals surface area contributed by atoms with E-state index in [1.165, 1.54) is 19.2 Å². The first kappa shape index (κ1) is 33.1. The summed E-state index contributed by atoms with van der Waals surface area (Å²) < 4.78 is 41.2. The second-order valence-corrected chi connectivity index (χ2v) is 13.3. The minimum Gasteiger partial charge on any atom is -0.489 e. The number of hydroxylamine groups is 2.